The van der Waals surface area contributed by atoms with Gasteiger partial charge in [0, 0.05) is 22.5 Å². The zero-order valence-electron chi connectivity index (χ0n) is 12.7. The van der Waals surface area contributed by atoms with Crippen molar-refractivity contribution in [1.29, 1.82) is 5.26 Å². The fourth-order valence-electron chi connectivity index (χ4n) is 2.45. The number of hydrogen-bond acceptors (Lipinski definition) is 3. The highest BCUT2D eigenvalue weighted by Crippen LogP contribution is 2.34. The lowest BCUT2D eigenvalue weighted by Crippen LogP contribution is -2.25. The van der Waals surface area contributed by atoms with E-state index in [1.165, 1.54) is 0 Å². The molecule has 0 aliphatic carbocycles. The molecular weight excluding hydrogens is 326 g/mol. The van der Waals surface area contributed by atoms with Crippen LogP contribution in [0.5, 0.6) is 0 Å². The van der Waals surface area contributed by atoms with E-state index in [0.29, 0.717) is 15.8 Å². The third-order valence-electron chi connectivity index (χ3n) is 3.66. The standard InChI is InChI=1S/C18H16ClN3S/c1-2-17-12-22(16-8-3-5-13(9-16)11-20)18(23-17)21-15-7-4-6-14(19)10-15/h3-10,17H,2,12H2,1H3. The normalized spacial score (nSPS) is 19.1. The van der Waals surface area contributed by atoms with Crippen LogP contribution in [-0.4, -0.2) is 17.0 Å². The molecule has 0 amide bonds. The highest BCUT2D eigenvalue weighted by atomic mass is 35.5. The summed E-state index contributed by atoms with van der Waals surface area (Å²) in [6, 6.07) is 17.4. The van der Waals surface area contributed by atoms with Gasteiger partial charge in [0.1, 0.15) is 0 Å². The maximum absolute atomic E-state index is 9.12. The minimum Gasteiger partial charge on any atom is -0.320 e. The van der Waals surface area contributed by atoms with Gasteiger partial charge in [0.25, 0.3) is 0 Å². The van der Waals surface area contributed by atoms with Crippen LogP contribution >= 0.6 is 23.4 Å². The largest absolute Gasteiger partial charge is 0.320 e. The van der Waals surface area contributed by atoms with Gasteiger partial charge in [0.15, 0.2) is 5.17 Å². The number of nitrogens with zero attached hydrogens (tertiary/aromatic N) is 3. The van der Waals surface area contributed by atoms with Gasteiger partial charge in [-0.3, -0.25) is 0 Å². The lowest BCUT2D eigenvalue weighted by molar-refractivity contribution is 0.835. The number of anilines is 1. The Morgan fingerprint density at radius 1 is 1.30 bits per heavy atom. The van der Waals surface area contributed by atoms with Crippen molar-refractivity contribution in [1.82, 2.24) is 0 Å². The van der Waals surface area contributed by atoms with Crippen LogP contribution in [-0.2, 0) is 0 Å². The van der Waals surface area contributed by atoms with Crippen molar-refractivity contribution in [2.45, 2.75) is 18.6 Å². The van der Waals surface area contributed by atoms with E-state index in [0.717, 1.165) is 29.5 Å². The average Bonchev–Trinajstić information content (AvgIpc) is 2.98. The fourth-order valence-corrected chi connectivity index (χ4v) is 3.78. The van der Waals surface area contributed by atoms with E-state index in [2.05, 4.69) is 17.9 Å². The van der Waals surface area contributed by atoms with Gasteiger partial charge in [-0.15, -0.1) is 0 Å². The Kier molecular flexibility index (Phi) is 4.90. The summed E-state index contributed by atoms with van der Waals surface area (Å²) < 4.78 is 0. The smallest absolute Gasteiger partial charge is 0.169 e. The molecule has 0 aromatic heterocycles. The predicted octanol–water partition coefficient (Wildman–Crippen LogP) is 5.23. The van der Waals surface area contributed by atoms with Crippen molar-refractivity contribution >= 4 is 39.9 Å². The van der Waals surface area contributed by atoms with Crippen molar-refractivity contribution < 1.29 is 0 Å². The Bertz CT molecular complexity index is 782. The molecule has 0 saturated carbocycles. The van der Waals surface area contributed by atoms with Crippen LogP contribution in [0.2, 0.25) is 5.02 Å². The maximum atomic E-state index is 9.12. The second-order valence-electron chi connectivity index (χ2n) is 5.30. The number of benzene rings is 2. The number of halogens is 1. The van der Waals surface area contributed by atoms with Crippen LogP contribution in [0.3, 0.4) is 0 Å². The topological polar surface area (TPSA) is 39.4 Å². The molecule has 23 heavy (non-hydrogen) atoms. The van der Waals surface area contributed by atoms with Gasteiger partial charge in [-0.25, -0.2) is 4.99 Å². The Morgan fingerprint density at radius 3 is 2.87 bits per heavy atom. The molecule has 2 aromatic rings. The first-order valence-electron chi connectivity index (χ1n) is 7.48. The minimum absolute atomic E-state index is 0.499. The third kappa shape index (κ3) is 3.69. The minimum atomic E-state index is 0.499. The summed E-state index contributed by atoms with van der Waals surface area (Å²) in [6.07, 6.45) is 1.08. The molecule has 5 heteroatoms. The van der Waals surface area contributed by atoms with E-state index in [-0.39, 0.29) is 0 Å². The molecule has 3 rings (SSSR count). The number of amidine groups is 1. The van der Waals surface area contributed by atoms with Crippen LogP contribution in [0, 0.1) is 11.3 Å². The third-order valence-corrected chi connectivity index (χ3v) is 5.24. The first kappa shape index (κ1) is 15.9. The fraction of sp³-hybridized carbons (Fsp3) is 0.222. The molecule has 1 aliphatic rings. The van der Waals surface area contributed by atoms with E-state index in [1.807, 2.05) is 48.5 Å². The molecule has 1 atom stereocenters. The zero-order chi connectivity index (χ0) is 16.2. The molecule has 0 bridgehead atoms. The number of hydrogen-bond donors (Lipinski definition) is 0. The summed E-state index contributed by atoms with van der Waals surface area (Å²) in [4.78, 5) is 6.95. The van der Waals surface area contributed by atoms with Gasteiger partial charge in [0.05, 0.1) is 17.3 Å². The molecule has 0 N–H and O–H groups in total. The quantitative estimate of drug-likeness (QED) is 0.767. The summed E-state index contributed by atoms with van der Waals surface area (Å²) in [6.45, 7) is 3.08. The number of nitriles is 1. The van der Waals surface area contributed by atoms with E-state index < -0.39 is 0 Å². The van der Waals surface area contributed by atoms with Crippen molar-refractivity contribution in [3.05, 3.63) is 59.1 Å². The molecule has 1 saturated heterocycles. The summed E-state index contributed by atoms with van der Waals surface area (Å²) in [7, 11) is 0. The Balaban J connectivity index is 1.97. The molecule has 1 heterocycles. The van der Waals surface area contributed by atoms with Crippen molar-refractivity contribution in [2.24, 2.45) is 4.99 Å². The van der Waals surface area contributed by atoms with Crippen LogP contribution in [0.1, 0.15) is 18.9 Å². The van der Waals surface area contributed by atoms with Crippen LogP contribution < -0.4 is 4.90 Å². The number of rotatable bonds is 3. The van der Waals surface area contributed by atoms with E-state index in [4.69, 9.17) is 21.9 Å². The molecule has 116 valence electrons. The van der Waals surface area contributed by atoms with Gasteiger partial charge >= 0.3 is 0 Å². The van der Waals surface area contributed by atoms with Gasteiger partial charge in [-0.2, -0.15) is 5.26 Å². The molecule has 1 unspecified atom stereocenters. The summed E-state index contributed by atoms with van der Waals surface area (Å²) in [5, 5.41) is 11.2. The molecule has 0 radical (unpaired) electrons. The van der Waals surface area contributed by atoms with E-state index in [9.17, 15) is 0 Å². The second kappa shape index (κ2) is 7.08. The van der Waals surface area contributed by atoms with Crippen molar-refractivity contribution in [3.8, 4) is 6.07 Å². The van der Waals surface area contributed by atoms with Crippen molar-refractivity contribution in [2.75, 3.05) is 11.4 Å². The molecule has 3 nitrogen and oxygen atoms in total. The van der Waals surface area contributed by atoms with Gasteiger partial charge in [-0.05, 0) is 42.8 Å². The summed E-state index contributed by atoms with van der Waals surface area (Å²) >= 11 is 7.83. The SMILES string of the molecule is CCC1CN(c2cccc(C#N)c2)C(=Nc2cccc(Cl)c2)S1. The first-order valence-corrected chi connectivity index (χ1v) is 8.74. The van der Waals surface area contributed by atoms with Gasteiger partial charge in [0.2, 0.25) is 0 Å². The molecule has 2 aromatic carbocycles. The number of aliphatic imine (C=N–C) groups is 1. The monoisotopic (exact) mass is 341 g/mol. The van der Waals surface area contributed by atoms with Gasteiger partial charge < -0.3 is 4.90 Å². The average molecular weight is 342 g/mol. The molecule has 1 aliphatic heterocycles. The van der Waals surface area contributed by atoms with Crippen LogP contribution in [0.4, 0.5) is 11.4 Å². The highest BCUT2D eigenvalue weighted by molar-refractivity contribution is 8.15. The van der Waals surface area contributed by atoms with E-state index in [1.54, 1.807) is 11.8 Å². The zero-order valence-corrected chi connectivity index (χ0v) is 14.3. The van der Waals surface area contributed by atoms with Crippen LogP contribution in [0.15, 0.2) is 53.5 Å². The number of thioether (sulfide) groups is 1. The predicted molar refractivity (Wildman–Crippen MR) is 98.7 cm³/mol. The maximum Gasteiger partial charge on any atom is 0.169 e. The Morgan fingerprint density at radius 2 is 2.13 bits per heavy atom. The molecule has 1 fully saturated rings. The lowest BCUT2D eigenvalue weighted by atomic mass is 10.2. The highest BCUT2D eigenvalue weighted by Gasteiger charge is 2.29. The summed E-state index contributed by atoms with van der Waals surface area (Å²) in [5.41, 5.74) is 2.51. The van der Waals surface area contributed by atoms with Gasteiger partial charge in [-0.1, -0.05) is 42.4 Å². The van der Waals surface area contributed by atoms with E-state index >= 15 is 0 Å². The molecular formula is C18H16ClN3S. The Hall–Kier alpha value is -1.96. The van der Waals surface area contributed by atoms with Crippen LogP contribution in [0.25, 0.3) is 0 Å². The summed E-state index contributed by atoms with van der Waals surface area (Å²) in [5.74, 6) is 0. The molecule has 0 spiro atoms. The first-order chi connectivity index (χ1) is 11.2. The second-order valence-corrected chi connectivity index (χ2v) is 7.00. The lowest BCUT2D eigenvalue weighted by Gasteiger charge is -2.18. The Labute approximate surface area is 145 Å². The van der Waals surface area contributed by atoms with Crippen molar-refractivity contribution in [3.63, 3.8) is 0 Å².